The zero-order valence-electron chi connectivity index (χ0n) is 11.8. The number of benzene rings is 2. The molecule has 0 bridgehead atoms. The molecule has 0 unspecified atom stereocenters. The lowest BCUT2D eigenvalue weighted by Gasteiger charge is -2.10. The summed E-state index contributed by atoms with van der Waals surface area (Å²) in [6.45, 7) is 1.40. The normalized spacial score (nSPS) is 11.5. The average molecular weight is 303 g/mol. The molecule has 2 rings (SSSR count). The van der Waals surface area contributed by atoms with Crippen LogP contribution in [-0.2, 0) is 9.53 Å². The third-order valence-corrected chi connectivity index (χ3v) is 2.82. The van der Waals surface area contributed by atoms with Gasteiger partial charge in [-0.25, -0.2) is 9.18 Å². The number of ether oxygens (including phenoxy) is 2. The van der Waals surface area contributed by atoms with Crippen LogP contribution in [0.3, 0.4) is 0 Å². The molecular weight excluding hydrogens is 289 g/mol. The number of amides is 1. The van der Waals surface area contributed by atoms with Gasteiger partial charge in [-0.1, -0.05) is 0 Å². The molecule has 6 heteroatoms. The fourth-order valence-corrected chi connectivity index (χ4v) is 1.58. The zero-order valence-corrected chi connectivity index (χ0v) is 11.8. The Morgan fingerprint density at radius 1 is 1.00 bits per heavy atom. The first kappa shape index (κ1) is 15.5. The highest BCUT2D eigenvalue weighted by Crippen LogP contribution is 2.22. The van der Waals surface area contributed by atoms with Gasteiger partial charge in [0, 0.05) is 0 Å². The van der Waals surface area contributed by atoms with Crippen LogP contribution in [0.15, 0.2) is 48.5 Å². The molecule has 2 aromatic rings. The number of nitrogens with two attached hydrogens (primary N) is 1. The molecule has 2 N–H and O–H groups in total. The molecule has 0 aliphatic carbocycles. The van der Waals surface area contributed by atoms with Crippen LogP contribution in [-0.4, -0.2) is 18.0 Å². The van der Waals surface area contributed by atoms with Crippen molar-refractivity contribution in [1.82, 2.24) is 0 Å². The molecule has 114 valence electrons. The highest BCUT2D eigenvalue weighted by Gasteiger charge is 2.16. The second-order valence-corrected chi connectivity index (χ2v) is 4.53. The van der Waals surface area contributed by atoms with Crippen molar-refractivity contribution in [2.45, 2.75) is 13.0 Å². The van der Waals surface area contributed by atoms with Gasteiger partial charge < -0.3 is 15.2 Å². The Kier molecular flexibility index (Phi) is 4.73. The molecular formula is C16H14FNO4. The van der Waals surface area contributed by atoms with Crippen molar-refractivity contribution < 1.29 is 23.5 Å². The van der Waals surface area contributed by atoms with Gasteiger partial charge in [-0.05, 0) is 55.5 Å². The van der Waals surface area contributed by atoms with Crippen LogP contribution < -0.4 is 10.5 Å². The maximum absolute atomic E-state index is 12.8. The Labute approximate surface area is 126 Å². The van der Waals surface area contributed by atoms with Crippen molar-refractivity contribution in [2.75, 3.05) is 0 Å². The van der Waals surface area contributed by atoms with E-state index in [1.54, 1.807) is 12.1 Å². The molecule has 0 aliphatic heterocycles. The topological polar surface area (TPSA) is 78.6 Å². The third kappa shape index (κ3) is 4.05. The van der Waals surface area contributed by atoms with E-state index in [1.165, 1.54) is 43.3 Å². The van der Waals surface area contributed by atoms with Gasteiger partial charge in [0.25, 0.3) is 5.91 Å². The van der Waals surface area contributed by atoms with E-state index in [2.05, 4.69) is 0 Å². The number of carbonyl (C=O) groups excluding carboxylic acids is 2. The van der Waals surface area contributed by atoms with Crippen LogP contribution in [0.5, 0.6) is 11.5 Å². The van der Waals surface area contributed by atoms with E-state index in [1.807, 2.05) is 0 Å². The molecule has 0 aromatic heterocycles. The predicted molar refractivity (Wildman–Crippen MR) is 77.0 cm³/mol. The molecule has 0 heterocycles. The lowest BCUT2D eigenvalue weighted by molar-refractivity contribution is -0.125. The standard InChI is InChI=1S/C16H14FNO4/c1-10(15(18)19)21-16(20)11-2-6-13(7-3-11)22-14-8-4-12(17)5-9-14/h2-10H,1H3,(H2,18,19)/t10-/m1/s1. The SMILES string of the molecule is C[C@@H](OC(=O)c1ccc(Oc2ccc(F)cc2)cc1)C(N)=O. The van der Waals surface area contributed by atoms with Crippen molar-refractivity contribution >= 4 is 11.9 Å². The summed E-state index contributed by atoms with van der Waals surface area (Å²) in [7, 11) is 0. The Bertz CT molecular complexity index is 668. The van der Waals surface area contributed by atoms with E-state index in [9.17, 15) is 14.0 Å². The van der Waals surface area contributed by atoms with Gasteiger partial charge in [0.15, 0.2) is 6.10 Å². The Morgan fingerprint density at radius 2 is 1.50 bits per heavy atom. The Balaban J connectivity index is 2.02. The van der Waals surface area contributed by atoms with E-state index in [4.69, 9.17) is 15.2 Å². The number of primary amides is 1. The number of esters is 1. The molecule has 0 aliphatic rings. The van der Waals surface area contributed by atoms with E-state index >= 15 is 0 Å². The summed E-state index contributed by atoms with van der Waals surface area (Å²) in [4.78, 5) is 22.6. The lowest BCUT2D eigenvalue weighted by atomic mass is 10.2. The second-order valence-electron chi connectivity index (χ2n) is 4.53. The summed E-state index contributed by atoms with van der Waals surface area (Å²) >= 11 is 0. The second kappa shape index (κ2) is 6.71. The monoisotopic (exact) mass is 303 g/mol. The first-order valence-corrected chi connectivity index (χ1v) is 6.49. The van der Waals surface area contributed by atoms with E-state index in [0.29, 0.717) is 11.5 Å². The average Bonchev–Trinajstić information content (AvgIpc) is 2.50. The van der Waals surface area contributed by atoms with E-state index in [0.717, 1.165) is 0 Å². The zero-order chi connectivity index (χ0) is 16.1. The molecule has 0 spiro atoms. The van der Waals surface area contributed by atoms with E-state index < -0.39 is 18.0 Å². The predicted octanol–water partition coefficient (Wildman–Crippen LogP) is 2.65. The molecule has 1 amide bonds. The first-order chi connectivity index (χ1) is 10.5. The van der Waals surface area contributed by atoms with Gasteiger partial charge in [0.05, 0.1) is 5.56 Å². The minimum absolute atomic E-state index is 0.263. The molecule has 0 saturated heterocycles. The maximum Gasteiger partial charge on any atom is 0.338 e. The summed E-state index contributed by atoms with van der Waals surface area (Å²) in [5.74, 6) is -0.775. The molecule has 1 atom stereocenters. The minimum Gasteiger partial charge on any atom is -0.457 e. The molecule has 5 nitrogen and oxygen atoms in total. The maximum atomic E-state index is 12.8. The fourth-order valence-electron chi connectivity index (χ4n) is 1.58. The Hall–Kier alpha value is -2.89. The van der Waals surface area contributed by atoms with Crippen molar-refractivity contribution in [1.29, 1.82) is 0 Å². The van der Waals surface area contributed by atoms with Crippen LogP contribution in [0.4, 0.5) is 4.39 Å². The van der Waals surface area contributed by atoms with Gasteiger partial charge in [0.1, 0.15) is 17.3 Å². The summed E-state index contributed by atoms with van der Waals surface area (Å²) < 4.78 is 23.2. The summed E-state index contributed by atoms with van der Waals surface area (Å²) in [5.41, 5.74) is 5.28. The van der Waals surface area contributed by atoms with Crippen LogP contribution in [0.25, 0.3) is 0 Å². The van der Waals surface area contributed by atoms with Crippen LogP contribution in [0.2, 0.25) is 0 Å². The van der Waals surface area contributed by atoms with Crippen molar-refractivity contribution in [3.05, 3.63) is 59.9 Å². The van der Waals surface area contributed by atoms with Crippen LogP contribution in [0.1, 0.15) is 17.3 Å². The molecule has 0 radical (unpaired) electrons. The summed E-state index contributed by atoms with van der Waals surface area (Å²) in [5, 5.41) is 0. The van der Waals surface area contributed by atoms with Crippen LogP contribution in [0, 0.1) is 5.82 Å². The summed E-state index contributed by atoms with van der Waals surface area (Å²) in [6, 6.07) is 11.7. The number of hydrogen-bond donors (Lipinski definition) is 1. The number of hydrogen-bond acceptors (Lipinski definition) is 4. The smallest absolute Gasteiger partial charge is 0.338 e. The number of rotatable bonds is 5. The first-order valence-electron chi connectivity index (χ1n) is 6.49. The van der Waals surface area contributed by atoms with Gasteiger partial charge in [-0.2, -0.15) is 0 Å². The molecule has 0 fully saturated rings. The number of halogens is 1. The molecule has 0 saturated carbocycles. The van der Waals surface area contributed by atoms with Gasteiger partial charge in [0.2, 0.25) is 0 Å². The summed E-state index contributed by atoms with van der Waals surface area (Å²) in [6.07, 6.45) is -0.998. The highest BCUT2D eigenvalue weighted by atomic mass is 19.1. The van der Waals surface area contributed by atoms with Crippen molar-refractivity contribution in [3.63, 3.8) is 0 Å². The highest BCUT2D eigenvalue weighted by molar-refractivity contribution is 5.92. The fraction of sp³-hybridized carbons (Fsp3) is 0.125. The van der Waals surface area contributed by atoms with Gasteiger partial charge >= 0.3 is 5.97 Å². The van der Waals surface area contributed by atoms with Crippen LogP contribution >= 0.6 is 0 Å². The lowest BCUT2D eigenvalue weighted by Crippen LogP contribution is -2.30. The minimum atomic E-state index is -0.998. The van der Waals surface area contributed by atoms with Gasteiger partial charge in [-0.3, -0.25) is 4.79 Å². The Morgan fingerprint density at radius 3 is 2.00 bits per heavy atom. The van der Waals surface area contributed by atoms with E-state index in [-0.39, 0.29) is 11.4 Å². The van der Waals surface area contributed by atoms with Crippen molar-refractivity contribution in [2.24, 2.45) is 5.73 Å². The quantitative estimate of drug-likeness (QED) is 0.861. The molecule has 22 heavy (non-hydrogen) atoms. The van der Waals surface area contributed by atoms with Crippen molar-refractivity contribution in [3.8, 4) is 11.5 Å². The largest absolute Gasteiger partial charge is 0.457 e. The molecule has 2 aromatic carbocycles. The third-order valence-electron chi connectivity index (χ3n) is 2.82. The number of carbonyl (C=O) groups is 2. The van der Waals surface area contributed by atoms with Gasteiger partial charge in [-0.15, -0.1) is 0 Å².